The van der Waals surface area contributed by atoms with Gasteiger partial charge in [0.25, 0.3) is 0 Å². The van der Waals surface area contributed by atoms with Gasteiger partial charge in [-0.05, 0) is 73.2 Å². The van der Waals surface area contributed by atoms with Crippen molar-refractivity contribution in [1.82, 2.24) is 24.5 Å². The number of carbonyl (C=O) groups is 1. The predicted molar refractivity (Wildman–Crippen MR) is 163 cm³/mol. The van der Waals surface area contributed by atoms with E-state index in [4.69, 9.17) is 15.7 Å². The molecule has 9 nitrogen and oxygen atoms in total. The van der Waals surface area contributed by atoms with Gasteiger partial charge in [-0.15, -0.1) is 0 Å². The molecule has 202 valence electrons. The third-order valence-corrected chi connectivity index (χ3v) is 6.68. The summed E-state index contributed by atoms with van der Waals surface area (Å²) < 4.78 is 1.96. The number of nitrogens with zero attached hydrogens (tertiary/aromatic N) is 5. The fraction of sp³-hybridized carbons (Fsp3) is 0.0938. The van der Waals surface area contributed by atoms with Crippen molar-refractivity contribution in [2.75, 3.05) is 22.9 Å². The third-order valence-electron chi connectivity index (χ3n) is 6.68. The van der Waals surface area contributed by atoms with Crippen LogP contribution in [0, 0.1) is 0 Å². The molecular weight excluding hydrogens is 512 g/mol. The van der Waals surface area contributed by atoms with E-state index in [0.29, 0.717) is 28.4 Å². The lowest BCUT2D eigenvalue weighted by Crippen LogP contribution is -2.14. The Morgan fingerprint density at radius 1 is 0.878 bits per heavy atom. The first-order chi connectivity index (χ1) is 20.1. The van der Waals surface area contributed by atoms with Crippen LogP contribution in [0.4, 0.5) is 17.2 Å². The summed E-state index contributed by atoms with van der Waals surface area (Å²) >= 11 is 0. The number of benzene rings is 2. The highest BCUT2D eigenvalue weighted by atomic mass is 16.1. The molecule has 0 aliphatic rings. The van der Waals surface area contributed by atoms with Crippen LogP contribution in [-0.4, -0.2) is 37.0 Å². The Morgan fingerprint density at radius 3 is 2.39 bits per heavy atom. The molecule has 0 atom stereocenters. The third kappa shape index (κ3) is 5.46. The van der Waals surface area contributed by atoms with E-state index in [1.54, 1.807) is 18.6 Å². The number of nitrogens with one attached hydrogen (secondary N) is 2. The second kappa shape index (κ2) is 11.3. The number of hydrogen-bond acceptors (Lipinski definition) is 7. The molecule has 0 radical (unpaired) electrons. The van der Waals surface area contributed by atoms with E-state index in [0.717, 1.165) is 40.3 Å². The van der Waals surface area contributed by atoms with Crippen LogP contribution in [0.5, 0.6) is 0 Å². The molecule has 0 fully saturated rings. The number of amides is 1. The van der Waals surface area contributed by atoms with Crippen molar-refractivity contribution in [1.29, 1.82) is 0 Å². The molecule has 0 aliphatic carbocycles. The van der Waals surface area contributed by atoms with Gasteiger partial charge in [0.15, 0.2) is 11.5 Å². The average molecular weight is 541 g/mol. The quantitative estimate of drug-likeness (QED) is 0.225. The summed E-state index contributed by atoms with van der Waals surface area (Å²) in [5, 5.41) is 6.21. The van der Waals surface area contributed by atoms with E-state index in [-0.39, 0.29) is 12.3 Å². The van der Waals surface area contributed by atoms with Gasteiger partial charge in [-0.2, -0.15) is 0 Å². The number of anilines is 3. The largest absolute Gasteiger partial charge is 0.385 e. The van der Waals surface area contributed by atoms with E-state index in [1.807, 2.05) is 96.6 Å². The van der Waals surface area contributed by atoms with Crippen LogP contribution in [0.15, 0.2) is 104 Å². The SMILES string of the molecule is CCNc1ccc(NC(=O)Cc2ccc(-n3c(-c4cccnc4N)nc4cc(-c5cccnc5)cnc43)cc2)cc1. The van der Waals surface area contributed by atoms with Crippen molar-refractivity contribution < 1.29 is 4.79 Å². The van der Waals surface area contributed by atoms with E-state index < -0.39 is 0 Å². The summed E-state index contributed by atoms with van der Waals surface area (Å²) in [6.45, 7) is 2.89. The number of pyridine rings is 3. The van der Waals surface area contributed by atoms with Gasteiger partial charge in [0.2, 0.25) is 5.91 Å². The average Bonchev–Trinajstić information content (AvgIpc) is 3.38. The zero-order valence-corrected chi connectivity index (χ0v) is 22.5. The maximum absolute atomic E-state index is 12.7. The molecule has 4 heterocycles. The van der Waals surface area contributed by atoms with E-state index in [1.165, 1.54) is 0 Å². The Morgan fingerprint density at radius 2 is 1.66 bits per heavy atom. The summed E-state index contributed by atoms with van der Waals surface area (Å²) in [6, 6.07) is 25.1. The van der Waals surface area contributed by atoms with E-state index in [9.17, 15) is 4.79 Å². The molecule has 0 bridgehead atoms. The molecule has 9 heteroatoms. The maximum Gasteiger partial charge on any atom is 0.228 e. The summed E-state index contributed by atoms with van der Waals surface area (Å²) in [4.78, 5) is 30.9. The summed E-state index contributed by atoms with van der Waals surface area (Å²) in [5.41, 5.74) is 13.7. The van der Waals surface area contributed by atoms with Crippen molar-refractivity contribution >= 4 is 34.3 Å². The number of rotatable bonds is 8. The number of fused-ring (bicyclic) bond motifs is 1. The minimum absolute atomic E-state index is 0.0875. The van der Waals surface area contributed by atoms with Gasteiger partial charge in [0.05, 0.1) is 12.0 Å². The minimum Gasteiger partial charge on any atom is -0.385 e. The van der Waals surface area contributed by atoms with E-state index >= 15 is 0 Å². The summed E-state index contributed by atoms with van der Waals surface area (Å²) in [6.07, 6.45) is 7.25. The second-order valence-electron chi connectivity index (χ2n) is 9.51. The molecule has 6 aromatic rings. The van der Waals surface area contributed by atoms with Crippen LogP contribution in [0.25, 0.3) is 39.4 Å². The monoisotopic (exact) mass is 540 g/mol. The lowest BCUT2D eigenvalue weighted by molar-refractivity contribution is -0.115. The van der Waals surface area contributed by atoms with Gasteiger partial charge >= 0.3 is 0 Å². The molecular formula is C32H28N8O. The number of nitrogens with two attached hydrogens (primary N) is 1. The molecule has 0 spiro atoms. The zero-order chi connectivity index (χ0) is 28.2. The lowest BCUT2D eigenvalue weighted by Gasteiger charge is -2.11. The van der Waals surface area contributed by atoms with Gasteiger partial charge in [-0.3, -0.25) is 14.3 Å². The molecule has 0 unspecified atom stereocenters. The number of nitrogen functional groups attached to an aromatic ring is 1. The van der Waals surface area contributed by atoms with Gasteiger partial charge in [0.1, 0.15) is 11.3 Å². The molecule has 41 heavy (non-hydrogen) atoms. The standard InChI is InChI=1S/C32H28N8O/c1-2-35-24-9-11-25(12-10-24)38-29(41)17-21-7-13-26(14-8-21)40-31(27-6-4-16-36-30(27)33)39-28-18-23(20-37-32(28)40)22-5-3-15-34-19-22/h3-16,18-20,35H,2,17H2,1H3,(H2,33,36)(H,38,41). The normalized spacial score (nSPS) is 11.0. The second-order valence-corrected chi connectivity index (χ2v) is 9.51. The van der Waals surface area contributed by atoms with Crippen molar-refractivity contribution in [3.05, 3.63) is 109 Å². The molecule has 0 aliphatic heterocycles. The highest BCUT2D eigenvalue weighted by Crippen LogP contribution is 2.32. The minimum atomic E-state index is -0.0875. The number of hydrogen-bond donors (Lipinski definition) is 3. The summed E-state index contributed by atoms with van der Waals surface area (Å²) in [7, 11) is 0. The predicted octanol–water partition coefficient (Wildman–Crippen LogP) is 5.74. The Kier molecular flexibility index (Phi) is 7.06. The molecule has 6 rings (SSSR count). The Labute approximate surface area is 237 Å². The fourth-order valence-corrected chi connectivity index (χ4v) is 4.72. The van der Waals surface area contributed by atoms with Crippen molar-refractivity contribution in [2.24, 2.45) is 0 Å². The van der Waals surface area contributed by atoms with Crippen LogP contribution >= 0.6 is 0 Å². The fourth-order valence-electron chi connectivity index (χ4n) is 4.72. The smallest absolute Gasteiger partial charge is 0.228 e. The van der Waals surface area contributed by atoms with Crippen molar-refractivity contribution in [2.45, 2.75) is 13.3 Å². The first-order valence-corrected chi connectivity index (χ1v) is 13.3. The first kappa shape index (κ1) is 25.7. The van der Waals surface area contributed by atoms with Crippen LogP contribution in [0.2, 0.25) is 0 Å². The van der Waals surface area contributed by atoms with Gasteiger partial charge in [0, 0.05) is 59.5 Å². The molecule has 0 saturated heterocycles. The Bertz CT molecular complexity index is 1810. The maximum atomic E-state index is 12.7. The highest BCUT2D eigenvalue weighted by Gasteiger charge is 2.19. The van der Waals surface area contributed by atoms with Crippen LogP contribution in [0.1, 0.15) is 12.5 Å². The van der Waals surface area contributed by atoms with Crippen LogP contribution in [0.3, 0.4) is 0 Å². The molecule has 4 aromatic heterocycles. The Balaban J connectivity index is 1.31. The number of aromatic nitrogens is 5. The van der Waals surface area contributed by atoms with Crippen LogP contribution < -0.4 is 16.4 Å². The summed E-state index contributed by atoms with van der Waals surface area (Å²) in [5.74, 6) is 0.923. The topological polar surface area (TPSA) is 124 Å². The zero-order valence-electron chi connectivity index (χ0n) is 22.5. The van der Waals surface area contributed by atoms with Gasteiger partial charge in [-0.1, -0.05) is 18.2 Å². The molecule has 1 amide bonds. The number of imidazole rings is 1. The Hall–Kier alpha value is -5.57. The van der Waals surface area contributed by atoms with Crippen molar-refractivity contribution in [3.8, 4) is 28.2 Å². The van der Waals surface area contributed by atoms with E-state index in [2.05, 4.69) is 20.6 Å². The molecule has 4 N–H and O–H groups in total. The molecule has 2 aromatic carbocycles. The van der Waals surface area contributed by atoms with Gasteiger partial charge in [-0.25, -0.2) is 15.0 Å². The molecule has 0 saturated carbocycles. The van der Waals surface area contributed by atoms with Crippen LogP contribution in [-0.2, 0) is 11.2 Å². The highest BCUT2D eigenvalue weighted by molar-refractivity contribution is 5.92. The first-order valence-electron chi connectivity index (χ1n) is 13.3. The van der Waals surface area contributed by atoms with Crippen molar-refractivity contribution in [3.63, 3.8) is 0 Å². The lowest BCUT2D eigenvalue weighted by atomic mass is 10.1. The van der Waals surface area contributed by atoms with Gasteiger partial charge < -0.3 is 16.4 Å². The number of carbonyl (C=O) groups excluding carboxylic acids is 1.